The van der Waals surface area contributed by atoms with Crippen molar-refractivity contribution in [3.05, 3.63) is 29.8 Å². The minimum absolute atomic E-state index is 0.218. The van der Waals surface area contributed by atoms with Crippen LogP contribution in [-0.4, -0.2) is 30.9 Å². The van der Waals surface area contributed by atoms with Crippen LogP contribution in [0.1, 0.15) is 26.3 Å². The highest BCUT2D eigenvalue weighted by Crippen LogP contribution is 2.19. The maximum Gasteiger partial charge on any atom is 0.122 e. The molecule has 0 aliphatic rings. The van der Waals surface area contributed by atoms with Gasteiger partial charge < -0.3 is 15.2 Å². The van der Waals surface area contributed by atoms with Crippen molar-refractivity contribution in [3.8, 4) is 5.75 Å². The van der Waals surface area contributed by atoms with Crippen molar-refractivity contribution in [2.24, 2.45) is 5.92 Å². The summed E-state index contributed by atoms with van der Waals surface area (Å²) < 4.78 is 5.35. The highest BCUT2D eigenvalue weighted by Gasteiger charge is 2.14. The molecule has 0 bridgehead atoms. The Morgan fingerprint density at radius 3 is 2.50 bits per heavy atom. The molecule has 0 aromatic heterocycles. The van der Waals surface area contributed by atoms with Gasteiger partial charge in [0.2, 0.25) is 0 Å². The number of para-hydroxylation sites is 1. The van der Waals surface area contributed by atoms with Gasteiger partial charge in [0, 0.05) is 18.7 Å². The summed E-state index contributed by atoms with van der Waals surface area (Å²) >= 11 is 0. The lowest BCUT2D eigenvalue weighted by Crippen LogP contribution is -2.40. The second kappa shape index (κ2) is 7.39. The van der Waals surface area contributed by atoms with Crippen molar-refractivity contribution in [1.29, 1.82) is 0 Å². The summed E-state index contributed by atoms with van der Waals surface area (Å²) in [6, 6.07) is 8.75. The van der Waals surface area contributed by atoms with E-state index >= 15 is 0 Å². The molecule has 1 aromatic carbocycles. The molecule has 3 atom stereocenters. The van der Waals surface area contributed by atoms with Gasteiger partial charge in [-0.1, -0.05) is 25.1 Å². The van der Waals surface area contributed by atoms with Crippen molar-refractivity contribution in [1.82, 2.24) is 5.32 Å². The first-order chi connectivity index (χ1) is 8.58. The molecule has 1 aromatic rings. The van der Waals surface area contributed by atoms with Crippen molar-refractivity contribution >= 4 is 0 Å². The largest absolute Gasteiger partial charge is 0.496 e. The highest BCUT2D eigenvalue weighted by atomic mass is 16.5. The van der Waals surface area contributed by atoms with Gasteiger partial charge in [-0.05, 0) is 37.8 Å². The van der Waals surface area contributed by atoms with E-state index in [1.165, 1.54) is 5.56 Å². The van der Waals surface area contributed by atoms with Gasteiger partial charge in [0.25, 0.3) is 0 Å². The molecule has 102 valence electrons. The SMILES string of the molecule is COc1ccccc1CC(C)NC(C)C(C)CO. The quantitative estimate of drug-likeness (QED) is 0.781. The van der Waals surface area contributed by atoms with Gasteiger partial charge in [-0.3, -0.25) is 0 Å². The maximum absolute atomic E-state index is 9.13. The first kappa shape index (κ1) is 15.0. The standard InChI is InChI=1S/C15H25NO2/c1-11(10-17)13(3)16-12(2)9-14-7-5-6-8-15(14)18-4/h5-8,11-13,16-17H,9-10H2,1-4H3. The summed E-state index contributed by atoms with van der Waals surface area (Å²) in [6.45, 7) is 6.54. The zero-order valence-electron chi connectivity index (χ0n) is 11.8. The van der Waals surface area contributed by atoms with Crippen LogP contribution in [0.15, 0.2) is 24.3 Å². The molecule has 0 spiro atoms. The van der Waals surface area contributed by atoms with E-state index < -0.39 is 0 Å². The lowest BCUT2D eigenvalue weighted by molar-refractivity contribution is 0.202. The fourth-order valence-electron chi connectivity index (χ4n) is 2.03. The van der Waals surface area contributed by atoms with Crippen molar-refractivity contribution in [3.63, 3.8) is 0 Å². The van der Waals surface area contributed by atoms with Gasteiger partial charge in [-0.2, -0.15) is 0 Å². The van der Waals surface area contributed by atoms with Crippen LogP contribution in [0, 0.1) is 5.92 Å². The minimum atomic E-state index is 0.218. The van der Waals surface area contributed by atoms with E-state index in [9.17, 15) is 0 Å². The first-order valence-corrected chi connectivity index (χ1v) is 6.57. The number of nitrogens with one attached hydrogen (secondary N) is 1. The number of benzene rings is 1. The van der Waals surface area contributed by atoms with E-state index in [0.29, 0.717) is 12.1 Å². The highest BCUT2D eigenvalue weighted by molar-refractivity contribution is 5.33. The van der Waals surface area contributed by atoms with Gasteiger partial charge in [0.1, 0.15) is 5.75 Å². The molecule has 1 rings (SSSR count). The molecule has 0 aliphatic carbocycles. The van der Waals surface area contributed by atoms with Crippen molar-refractivity contribution in [2.45, 2.75) is 39.3 Å². The van der Waals surface area contributed by atoms with E-state index in [-0.39, 0.29) is 12.5 Å². The summed E-state index contributed by atoms with van der Waals surface area (Å²) in [6.07, 6.45) is 0.923. The smallest absolute Gasteiger partial charge is 0.122 e. The number of aliphatic hydroxyl groups is 1. The zero-order chi connectivity index (χ0) is 13.5. The Morgan fingerprint density at radius 1 is 1.22 bits per heavy atom. The fraction of sp³-hybridized carbons (Fsp3) is 0.600. The normalized spacial score (nSPS) is 16.1. The molecule has 0 radical (unpaired) electrons. The fourth-order valence-corrected chi connectivity index (χ4v) is 2.03. The Hall–Kier alpha value is -1.06. The molecule has 0 heterocycles. The Morgan fingerprint density at radius 2 is 1.89 bits per heavy atom. The predicted octanol–water partition coefficient (Wildman–Crippen LogP) is 2.23. The molecule has 0 amide bonds. The number of hydrogen-bond donors (Lipinski definition) is 2. The van der Waals surface area contributed by atoms with Gasteiger partial charge in [0.05, 0.1) is 7.11 Å². The van der Waals surface area contributed by atoms with E-state index in [1.807, 2.05) is 25.1 Å². The summed E-state index contributed by atoms with van der Waals surface area (Å²) in [7, 11) is 1.70. The summed E-state index contributed by atoms with van der Waals surface area (Å²) in [4.78, 5) is 0. The van der Waals surface area contributed by atoms with Gasteiger partial charge >= 0.3 is 0 Å². The zero-order valence-corrected chi connectivity index (χ0v) is 11.8. The number of aliphatic hydroxyl groups excluding tert-OH is 1. The molecule has 18 heavy (non-hydrogen) atoms. The third kappa shape index (κ3) is 4.31. The van der Waals surface area contributed by atoms with E-state index in [1.54, 1.807) is 7.11 Å². The lowest BCUT2D eigenvalue weighted by atomic mass is 10.0. The van der Waals surface area contributed by atoms with Gasteiger partial charge in [0.15, 0.2) is 0 Å². The van der Waals surface area contributed by atoms with E-state index in [0.717, 1.165) is 12.2 Å². The summed E-state index contributed by atoms with van der Waals surface area (Å²) in [5.41, 5.74) is 1.21. The third-order valence-electron chi connectivity index (χ3n) is 3.41. The molecule has 3 heteroatoms. The third-order valence-corrected chi connectivity index (χ3v) is 3.41. The van der Waals surface area contributed by atoms with Crippen LogP contribution in [0.3, 0.4) is 0 Å². The van der Waals surface area contributed by atoms with Crippen LogP contribution in [0.2, 0.25) is 0 Å². The molecular weight excluding hydrogens is 226 g/mol. The van der Waals surface area contributed by atoms with Crippen LogP contribution in [0.5, 0.6) is 5.75 Å². The average Bonchev–Trinajstić information content (AvgIpc) is 2.38. The van der Waals surface area contributed by atoms with Crippen LogP contribution >= 0.6 is 0 Å². The number of ether oxygens (including phenoxy) is 1. The van der Waals surface area contributed by atoms with Crippen molar-refractivity contribution < 1.29 is 9.84 Å². The molecule has 0 aliphatic heterocycles. The Labute approximate surface area is 110 Å². The first-order valence-electron chi connectivity index (χ1n) is 6.57. The van der Waals surface area contributed by atoms with Crippen LogP contribution < -0.4 is 10.1 Å². The average molecular weight is 251 g/mol. The molecule has 3 nitrogen and oxygen atoms in total. The topological polar surface area (TPSA) is 41.5 Å². The lowest BCUT2D eigenvalue weighted by Gasteiger charge is -2.24. The molecule has 2 N–H and O–H groups in total. The summed E-state index contributed by atoms with van der Waals surface area (Å²) in [5, 5.41) is 12.6. The molecule has 0 saturated carbocycles. The van der Waals surface area contributed by atoms with E-state index in [4.69, 9.17) is 9.84 Å². The van der Waals surface area contributed by atoms with Crippen molar-refractivity contribution in [2.75, 3.05) is 13.7 Å². The number of hydrogen-bond acceptors (Lipinski definition) is 3. The molecule has 0 fully saturated rings. The van der Waals surface area contributed by atoms with Crippen LogP contribution in [-0.2, 0) is 6.42 Å². The Bertz CT molecular complexity index is 354. The second-order valence-electron chi connectivity index (χ2n) is 5.03. The van der Waals surface area contributed by atoms with Crippen LogP contribution in [0.25, 0.3) is 0 Å². The Balaban J connectivity index is 2.56. The summed E-state index contributed by atoms with van der Waals surface area (Å²) in [5.74, 6) is 1.21. The van der Waals surface area contributed by atoms with E-state index in [2.05, 4.69) is 25.2 Å². The van der Waals surface area contributed by atoms with Gasteiger partial charge in [-0.15, -0.1) is 0 Å². The number of methoxy groups -OCH3 is 1. The minimum Gasteiger partial charge on any atom is -0.496 e. The Kier molecular flexibility index (Phi) is 6.16. The number of rotatable bonds is 7. The molecule has 0 saturated heterocycles. The van der Waals surface area contributed by atoms with Crippen LogP contribution in [0.4, 0.5) is 0 Å². The molecule has 3 unspecified atom stereocenters. The van der Waals surface area contributed by atoms with Gasteiger partial charge in [-0.25, -0.2) is 0 Å². The monoisotopic (exact) mass is 251 g/mol. The second-order valence-corrected chi connectivity index (χ2v) is 5.03. The predicted molar refractivity (Wildman–Crippen MR) is 75.0 cm³/mol. The molecular formula is C15H25NO2. The maximum atomic E-state index is 9.13.